The lowest BCUT2D eigenvalue weighted by Gasteiger charge is -2.18. The zero-order chi connectivity index (χ0) is 41.4. The number of nitrogens with zero attached hydrogens (tertiary/aromatic N) is 4. The molecule has 0 amide bonds. The average molecular weight is 780 g/mol. The molecule has 0 unspecified atom stereocenters. The van der Waals surface area contributed by atoms with Gasteiger partial charge in [0.05, 0.1) is 5.56 Å². The summed E-state index contributed by atoms with van der Waals surface area (Å²) < 4.78 is 9.13. The van der Waals surface area contributed by atoms with Gasteiger partial charge in [0.25, 0.3) is 0 Å². The molecule has 0 aliphatic carbocycles. The molecule has 0 saturated heterocycles. The van der Waals surface area contributed by atoms with Crippen molar-refractivity contribution in [2.24, 2.45) is 7.05 Å². The largest absolute Gasteiger partial charge is 0.455 e. The Morgan fingerprint density at radius 3 is 1.85 bits per heavy atom. The van der Waals surface area contributed by atoms with Crippen LogP contribution in [0.2, 0.25) is 0 Å². The summed E-state index contributed by atoms with van der Waals surface area (Å²) in [6, 6.07) is 47.7. The molecule has 7 aromatic carbocycles. The van der Waals surface area contributed by atoms with E-state index in [1.54, 1.807) is 0 Å². The second kappa shape index (κ2) is 14.1. The van der Waals surface area contributed by atoms with Gasteiger partial charge in [-0.15, -0.1) is 0 Å². The van der Waals surface area contributed by atoms with Crippen LogP contribution in [0, 0.1) is 27.7 Å². The van der Waals surface area contributed by atoms with Crippen LogP contribution in [0.25, 0.3) is 99.8 Å². The van der Waals surface area contributed by atoms with E-state index >= 15 is 0 Å². The lowest BCUT2D eigenvalue weighted by atomic mass is 9.88. The predicted molar refractivity (Wildman–Crippen MR) is 248 cm³/mol. The van der Waals surface area contributed by atoms with Crippen molar-refractivity contribution in [3.63, 3.8) is 0 Å². The molecule has 0 spiro atoms. The van der Waals surface area contributed by atoms with Gasteiger partial charge in [-0.3, -0.25) is 0 Å². The van der Waals surface area contributed by atoms with Crippen molar-refractivity contribution in [3.05, 3.63) is 168 Å². The van der Waals surface area contributed by atoms with Gasteiger partial charge in [-0.25, -0.2) is 19.5 Å². The second-order valence-electron chi connectivity index (χ2n) is 17.4. The Morgan fingerprint density at radius 1 is 0.483 bits per heavy atom. The highest BCUT2D eigenvalue weighted by Gasteiger charge is 2.25. The number of aryl methyl sites for hydroxylation is 5. The van der Waals surface area contributed by atoms with Crippen LogP contribution in [-0.4, -0.2) is 15.0 Å². The Bertz CT molecular complexity index is 3310. The Morgan fingerprint density at radius 2 is 1.13 bits per heavy atom. The zero-order valence-corrected chi connectivity index (χ0v) is 35.5. The number of benzene rings is 7. The third-order valence-corrected chi connectivity index (χ3v) is 12.1. The summed E-state index contributed by atoms with van der Waals surface area (Å²) in [6.45, 7) is 15.3. The minimum atomic E-state index is -0.224. The molecule has 10 aromatic rings. The van der Waals surface area contributed by atoms with Gasteiger partial charge in [-0.05, 0) is 100 Å². The monoisotopic (exact) mass is 779 g/mol. The molecule has 0 saturated carbocycles. The first kappa shape index (κ1) is 37.3. The molecule has 0 aliphatic heterocycles. The number of hydrogen-bond donors (Lipinski definition) is 0. The van der Waals surface area contributed by atoms with Crippen molar-refractivity contribution in [2.45, 2.75) is 53.9 Å². The molecule has 60 heavy (non-hydrogen) atoms. The molecule has 5 heteroatoms. The second-order valence-corrected chi connectivity index (χ2v) is 17.4. The van der Waals surface area contributed by atoms with Crippen molar-refractivity contribution >= 4 is 43.5 Å². The maximum Gasteiger partial charge on any atom is 0.216 e. The fourth-order valence-corrected chi connectivity index (χ4v) is 8.98. The Balaban J connectivity index is 1.03. The van der Waals surface area contributed by atoms with Crippen molar-refractivity contribution in [2.75, 3.05) is 0 Å². The first-order chi connectivity index (χ1) is 28.9. The first-order valence-corrected chi connectivity index (χ1v) is 20.7. The Labute approximate surface area is 351 Å². The molecule has 0 N–H and O–H groups in total. The maximum atomic E-state index is 6.88. The van der Waals surface area contributed by atoms with Gasteiger partial charge in [0.2, 0.25) is 5.69 Å². The van der Waals surface area contributed by atoms with Crippen molar-refractivity contribution in [1.29, 1.82) is 0 Å². The van der Waals surface area contributed by atoms with E-state index in [2.05, 4.69) is 169 Å². The van der Waals surface area contributed by atoms with Crippen LogP contribution in [0.5, 0.6) is 0 Å². The van der Waals surface area contributed by atoms with Gasteiger partial charge in [0, 0.05) is 38.9 Å². The van der Waals surface area contributed by atoms with Gasteiger partial charge in [0.1, 0.15) is 24.0 Å². The van der Waals surface area contributed by atoms with Gasteiger partial charge in [-0.2, -0.15) is 0 Å². The van der Waals surface area contributed by atoms with Crippen molar-refractivity contribution in [1.82, 2.24) is 15.0 Å². The lowest BCUT2D eigenvalue weighted by molar-refractivity contribution is -0.660. The Kier molecular flexibility index (Phi) is 8.76. The normalized spacial score (nSPS) is 12.0. The number of hydrogen-bond acceptors (Lipinski definition) is 4. The van der Waals surface area contributed by atoms with E-state index in [0.29, 0.717) is 11.6 Å². The van der Waals surface area contributed by atoms with E-state index < -0.39 is 0 Å². The van der Waals surface area contributed by atoms with E-state index in [-0.39, 0.29) is 5.41 Å². The molecule has 292 valence electrons. The number of aromatic nitrogens is 4. The summed E-state index contributed by atoms with van der Waals surface area (Å²) in [5, 5.41) is 7.17. The topological polar surface area (TPSA) is 55.7 Å². The number of fused-ring (bicyclic) bond motifs is 6. The van der Waals surface area contributed by atoms with E-state index in [1.807, 2.05) is 30.3 Å². The maximum absolute atomic E-state index is 6.88. The van der Waals surface area contributed by atoms with Crippen LogP contribution in [0.3, 0.4) is 0 Å². The fraction of sp³-hybridized carbons (Fsp3) is 0.164. The van der Waals surface area contributed by atoms with Crippen LogP contribution in [0.1, 0.15) is 48.8 Å². The summed E-state index contributed by atoms with van der Waals surface area (Å²) in [5.41, 5.74) is 15.5. The summed E-state index contributed by atoms with van der Waals surface area (Å²) in [6.07, 6.45) is 2.26. The first-order valence-electron chi connectivity index (χ1n) is 20.7. The third kappa shape index (κ3) is 6.33. The summed E-state index contributed by atoms with van der Waals surface area (Å²) in [7, 11) is 2.14. The summed E-state index contributed by atoms with van der Waals surface area (Å²) in [5.74, 6) is 2.15. The quantitative estimate of drug-likeness (QED) is 0.129. The van der Waals surface area contributed by atoms with Crippen LogP contribution < -0.4 is 4.57 Å². The minimum Gasteiger partial charge on any atom is -0.455 e. The molecule has 0 fully saturated rings. The minimum absolute atomic E-state index is 0.224. The number of rotatable bonds is 5. The van der Waals surface area contributed by atoms with Crippen LogP contribution >= 0.6 is 0 Å². The molecular formula is C55H47N4O+. The average Bonchev–Trinajstić information content (AvgIpc) is 3.60. The highest BCUT2D eigenvalue weighted by atomic mass is 16.3. The number of pyridine rings is 1. The number of furan rings is 1. The SMILES string of the molecule is Cc1c[n+](C)c(-c2c(C)ccc3c2oc2cc4c(ccc5ccccc54)cc23)cc1-c1c(C)cc(-c2ccc(-c3nc(-c4ccccc4)nc(C(C)(C)C)n3)cc2)cc1C. The fourth-order valence-electron chi connectivity index (χ4n) is 8.98. The molecular weight excluding hydrogens is 733 g/mol. The van der Waals surface area contributed by atoms with Gasteiger partial charge < -0.3 is 4.42 Å². The Hall–Kier alpha value is -6.98. The van der Waals surface area contributed by atoms with E-state index in [1.165, 1.54) is 60.5 Å². The van der Waals surface area contributed by atoms with E-state index in [9.17, 15) is 0 Å². The molecule has 0 bridgehead atoms. The summed E-state index contributed by atoms with van der Waals surface area (Å²) in [4.78, 5) is 14.7. The predicted octanol–water partition coefficient (Wildman–Crippen LogP) is 13.8. The lowest BCUT2D eigenvalue weighted by Crippen LogP contribution is -2.31. The zero-order valence-electron chi connectivity index (χ0n) is 35.5. The third-order valence-electron chi connectivity index (χ3n) is 12.1. The highest BCUT2D eigenvalue weighted by Crippen LogP contribution is 2.42. The molecule has 3 aromatic heterocycles. The van der Waals surface area contributed by atoms with Gasteiger partial charge in [0.15, 0.2) is 17.8 Å². The van der Waals surface area contributed by atoms with Crippen molar-refractivity contribution < 1.29 is 8.98 Å². The molecule has 10 rings (SSSR count). The molecule has 5 nitrogen and oxygen atoms in total. The van der Waals surface area contributed by atoms with Gasteiger partial charge in [-0.1, -0.05) is 136 Å². The van der Waals surface area contributed by atoms with E-state index in [4.69, 9.17) is 19.4 Å². The molecule has 3 heterocycles. The smallest absolute Gasteiger partial charge is 0.216 e. The summed E-state index contributed by atoms with van der Waals surface area (Å²) >= 11 is 0. The molecule has 0 atom stereocenters. The molecule has 0 radical (unpaired) electrons. The highest BCUT2D eigenvalue weighted by molar-refractivity contribution is 6.17. The van der Waals surface area contributed by atoms with E-state index in [0.717, 1.165) is 55.7 Å². The van der Waals surface area contributed by atoms with Gasteiger partial charge >= 0.3 is 0 Å². The van der Waals surface area contributed by atoms with Crippen LogP contribution in [0.15, 0.2) is 144 Å². The standard InChI is InChI=1S/C55H47N4O/c1-32-18-25-43-46-28-40-24-21-37-14-12-13-17-42(37)45(40)30-48(46)60-51(43)50(32)47-29-44(35(4)31-59(47)8)49-33(2)26-41(27-34(49)3)36-19-22-39(23-20-36)53-56-52(38-15-10-9-11-16-38)57-54(58-53)55(5,6)7/h9-31H,1-8H3/q+1. The van der Waals surface area contributed by atoms with Crippen molar-refractivity contribution in [3.8, 4) is 56.3 Å². The van der Waals surface area contributed by atoms with Crippen LogP contribution in [0.4, 0.5) is 0 Å². The molecule has 0 aliphatic rings. The van der Waals surface area contributed by atoms with Crippen LogP contribution in [-0.2, 0) is 12.5 Å².